The Balaban J connectivity index is 1.69. The van der Waals surface area contributed by atoms with E-state index in [1.165, 1.54) is 21.8 Å². The zero-order valence-corrected chi connectivity index (χ0v) is 15.5. The molecule has 8 nitrogen and oxygen atoms in total. The van der Waals surface area contributed by atoms with E-state index in [4.69, 9.17) is 4.74 Å². The van der Waals surface area contributed by atoms with Crippen molar-refractivity contribution in [1.29, 1.82) is 0 Å². The highest BCUT2D eigenvalue weighted by Gasteiger charge is 2.14. The number of methoxy groups -OCH3 is 1. The fraction of sp³-hybridized carbons (Fsp3) is 0.263. The molecule has 0 aliphatic rings. The molecule has 3 rings (SSSR count). The maximum Gasteiger partial charge on any atom is 0.269 e. The molecule has 2 heterocycles. The van der Waals surface area contributed by atoms with Crippen LogP contribution < -0.4 is 15.6 Å². The van der Waals surface area contributed by atoms with Crippen LogP contribution in [0.3, 0.4) is 0 Å². The van der Waals surface area contributed by atoms with Crippen LogP contribution in [0, 0.1) is 6.92 Å². The van der Waals surface area contributed by atoms with Crippen LogP contribution in [0.15, 0.2) is 47.7 Å². The van der Waals surface area contributed by atoms with Crippen molar-refractivity contribution >= 4 is 5.91 Å². The monoisotopic (exact) mass is 367 g/mol. The Labute approximate surface area is 156 Å². The molecule has 0 aliphatic carbocycles. The molecule has 0 unspecified atom stereocenters. The molecule has 0 saturated carbocycles. The zero-order chi connectivity index (χ0) is 19.4. The van der Waals surface area contributed by atoms with E-state index in [0.717, 1.165) is 11.3 Å². The quantitative estimate of drug-likeness (QED) is 0.711. The van der Waals surface area contributed by atoms with Crippen molar-refractivity contribution in [3.05, 3.63) is 64.5 Å². The maximum absolute atomic E-state index is 12.5. The number of hydrogen-bond acceptors (Lipinski definition) is 5. The van der Waals surface area contributed by atoms with Gasteiger partial charge in [0.2, 0.25) is 0 Å². The van der Waals surface area contributed by atoms with E-state index in [2.05, 4.69) is 15.4 Å². The number of aryl methyl sites for hydroxylation is 2. The van der Waals surface area contributed by atoms with Gasteiger partial charge in [-0.1, -0.05) is 12.1 Å². The zero-order valence-electron chi connectivity index (χ0n) is 15.5. The largest absolute Gasteiger partial charge is 0.497 e. The Morgan fingerprint density at radius 2 is 2.11 bits per heavy atom. The van der Waals surface area contributed by atoms with Gasteiger partial charge in [0.1, 0.15) is 11.4 Å². The first-order valence-corrected chi connectivity index (χ1v) is 8.47. The predicted molar refractivity (Wildman–Crippen MR) is 101 cm³/mol. The molecular weight excluding hydrogens is 346 g/mol. The third-order valence-corrected chi connectivity index (χ3v) is 4.19. The Morgan fingerprint density at radius 1 is 1.30 bits per heavy atom. The molecule has 0 aliphatic heterocycles. The lowest BCUT2D eigenvalue weighted by molar-refractivity contribution is 0.0942. The van der Waals surface area contributed by atoms with E-state index < -0.39 is 0 Å². The van der Waals surface area contributed by atoms with Gasteiger partial charge in [-0.3, -0.25) is 18.8 Å². The maximum atomic E-state index is 12.5. The van der Waals surface area contributed by atoms with Gasteiger partial charge < -0.3 is 10.1 Å². The second kappa shape index (κ2) is 7.86. The number of carbonyl (C=O) groups is 1. The lowest BCUT2D eigenvalue weighted by Crippen LogP contribution is -2.32. The Kier molecular flexibility index (Phi) is 5.35. The standard InChI is InChI=1S/C19H21N5O3/c1-13-11-20-12-24(19(13)26)8-7-21-18(25)17-10-16(22-23(17)2)14-5-4-6-15(9-14)27-3/h4-6,9-12H,7-8H2,1-3H3,(H,21,25). The van der Waals surface area contributed by atoms with Crippen LogP contribution in [-0.2, 0) is 13.6 Å². The van der Waals surface area contributed by atoms with Gasteiger partial charge in [0.15, 0.2) is 0 Å². The number of benzene rings is 1. The summed E-state index contributed by atoms with van der Waals surface area (Å²) in [6.07, 6.45) is 2.99. The highest BCUT2D eigenvalue weighted by molar-refractivity contribution is 5.93. The van der Waals surface area contributed by atoms with E-state index in [9.17, 15) is 9.59 Å². The Morgan fingerprint density at radius 3 is 2.89 bits per heavy atom. The molecule has 1 amide bonds. The summed E-state index contributed by atoms with van der Waals surface area (Å²) >= 11 is 0. The third kappa shape index (κ3) is 4.05. The van der Waals surface area contributed by atoms with Crippen molar-refractivity contribution in [3.8, 4) is 17.0 Å². The summed E-state index contributed by atoms with van der Waals surface area (Å²) in [5.41, 5.74) is 2.43. The molecule has 0 bridgehead atoms. The van der Waals surface area contributed by atoms with E-state index >= 15 is 0 Å². The van der Waals surface area contributed by atoms with E-state index in [-0.39, 0.29) is 11.5 Å². The molecule has 3 aromatic rings. The van der Waals surface area contributed by atoms with Crippen LogP contribution in [0.2, 0.25) is 0 Å². The summed E-state index contributed by atoms with van der Waals surface area (Å²) in [5.74, 6) is 0.467. The first-order chi connectivity index (χ1) is 13.0. The van der Waals surface area contributed by atoms with Crippen LogP contribution in [0.4, 0.5) is 0 Å². The molecule has 0 saturated heterocycles. The molecule has 1 N–H and O–H groups in total. The van der Waals surface area contributed by atoms with Crippen LogP contribution >= 0.6 is 0 Å². The van der Waals surface area contributed by atoms with Crippen molar-refractivity contribution in [2.24, 2.45) is 7.05 Å². The second-order valence-corrected chi connectivity index (χ2v) is 6.10. The average molecular weight is 367 g/mol. The number of ether oxygens (including phenoxy) is 1. The summed E-state index contributed by atoms with van der Waals surface area (Å²) < 4.78 is 8.23. The number of aromatic nitrogens is 4. The normalized spacial score (nSPS) is 10.6. The number of nitrogens with one attached hydrogen (secondary N) is 1. The molecule has 0 spiro atoms. The Hall–Kier alpha value is -3.42. The van der Waals surface area contributed by atoms with Crippen LogP contribution in [0.25, 0.3) is 11.3 Å². The van der Waals surface area contributed by atoms with E-state index in [0.29, 0.717) is 30.0 Å². The first kappa shape index (κ1) is 18.4. The molecule has 140 valence electrons. The number of rotatable bonds is 6. The molecule has 0 atom stereocenters. The number of hydrogen-bond donors (Lipinski definition) is 1. The predicted octanol–water partition coefficient (Wildman–Crippen LogP) is 1.39. The van der Waals surface area contributed by atoms with Crippen molar-refractivity contribution < 1.29 is 9.53 Å². The van der Waals surface area contributed by atoms with Gasteiger partial charge in [0, 0.05) is 37.5 Å². The minimum Gasteiger partial charge on any atom is -0.497 e. The third-order valence-electron chi connectivity index (χ3n) is 4.19. The smallest absolute Gasteiger partial charge is 0.269 e. The van der Waals surface area contributed by atoms with Crippen molar-refractivity contribution in [2.75, 3.05) is 13.7 Å². The van der Waals surface area contributed by atoms with Gasteiger partial charge in [0.25, 0.3) is 11.5 Å². The Bertz CT molecular complexity index is 1020. The summed E-state index contributed by atoms with van der Waals surface area (Å²) in [6.45, 7) is 2.36. The van der Waals surface area contributed by atoms with Crippen molar-refractivity contribution in [1.82, 2.24) is 24.6 Å². The van der Waals surface area contributed by atoms with Gasteiger partial charge in [-0.05, 0) is 25.1 Å². The second-order valence-electron chi connectivity index (χ2n) is 6.10. The highest BCUT2D eigenvalue weighted by Crippen LogP contribution is 2.23. The molecule has 0 radical (unpaired) electrons. The van der Waals surface area contributed by atoms with Crippen LogP contribution in [0.5, 0.6) is 5.75 Å². The molecule has 27 heavy (non-hydrogen) atoms. The van der Waals surface area contributed by atoms with Gasteiger partial charge in [-0.25, -0.2) is 4.98 Å². The van der Waals surface area contributed by atoms with Crippen molar-refractivity contribution in [3.63, 3.8) is 0 Å². The number of nitrogens with zero attached hydrogens (tertiary/aromatic N) is 4. The minimum atomic E-state index is -0.257. The highest BCUT2D eigenvalue weighted by atomic mass is 16.5. The molecule has 1 aromatic carbocycles. The number of carbonyl (C=O) groups excluding carboxylic acids is 1. The first-order valence-electron chi connectivity index (χ1n) is 8.47. The fourth-order valence-electron chi connectivity index (χ4n) is 2.70. The average Bonchev–Trinajstić information content (AvgIpc) is 3.07. The minimum absolute atomic E-state index is 0.111. The van der Waals surface area contributed by atoms with Gasteiger partial charge in [0.05, 0.1) is 19.1 Å². The fourth-order valence-corrected chi connectivity index (χ4v) is 2.70. The number of amides is 1. The summed E-state index contributed by atoms with van der Waals surface area (Å²) in [4.78, 5) is 28.4. The molecule has 2 aromatic heterocycles. The van der Waals surface area contributed by atoms with Gasteiger partial charge in [-0.2, -0.15) is 5.10 Å². The summed E-state index contributed by atoms with van der Waals surface area (Å²) in [6, 6.07) is 9.22. The summed E-state index contributed by atoms with van der Waals surface area (Å²) in [5, 5.41) is 7.21. The molecule has 0 fully saturated rings. The molecular formula is C19H21N5O3. The summed E-state index contributed by atoms with van der Waals surface area (Å²) in [7, 11) is 3.32. The van der Waals surface area contributed by atoms with Crippen LogP contribution in [-0.4, -0.2) is 38.9 Å². The topological polar surface area (TPSA) is 91.0 Å². The van der Waals surface area contributed by atoms with Crippen molar-refractivity contribution in [2.45, 2.75) is 13.5 Å². The van der Waals surface area contributed by atoms with Gasteiger partial charge >= 0.3 is 0 Å². The van der Waals surface area contributed by atoms with Gasteiger partial charge in [-0.15, -0.1) is 0 Å². The lowest BCUT2D eigenvalue weighted by Gasteiger charge is -2.07. The molecule has 8 heteroatoms. The van der Waals surface area contributed by atoms with E-state index in [1.807, 2.05) is 24.3 Å². The van der Waals surface area contributed by atoms with E-state index in [1.54, 1.807) is 27.1 Å². The SMILES string of the molecule is COc1cccc(-c2cc(C(=O)NCCn3cncc(C)c3=O)n(C)n2)c1. The van der Waals surface area contributed by atoms with Crippen LogP contribution in [0.1, 0.15) is 16.1 Å². The lowest BCUT2D eigenvalue weighted by atomic mass is 10.1.